The van der Waals surface area contributed by atoms with Crippen LogP contribution >= 0.6 is 0 Å². The molecule has 0 bridgehead atoms. The molecule has 1 fully saturated rings. The van der Waals surface area contributed by atoms with Gasteiger partial charge in [0, 0.05) is 5.39 Å². The number of nitrogens with zero attached hydrogens (tertiary/aromatic N) is 1. The number of benzene rings is 1. The van der Waals surface area contributed by atoms with E-state index in [1.165, 1.54) is 4.57 Å². The highest BCUT2D eigenvalue weighted by molar-refractivity contribution is 6.62. The summed E-state index contributed by atoms with van der Waals surface area (Å²) in [5.41, 5.74) is -0.385. The number of hydrogen-bond donors (Lipinski definition) is 0. The van der Waals surface area contributed by atoms with Gasteiger partial charge in [0.25, 0.3) is 0 Å². The Balaban J connectivity index is 2.17. The van der Waals surface area contributed by atoms with Crippen LogP contribution in [-0.4, -0.2) is 41.7 Å². The first-order valence-corrected chi connectivity index (χ1v) is 9.14. The van der Waals surface area contributed by atoms with Crippen molar-refractivity contribution >= 4 is 29.7 Å². The van der Waals surface area contributed by atoms with Crippen LogP contribution in [0.25, 0.3) is 10.9 Å². The fourth-order valence-electron chi connectivity index (χ4n) is 3.05. The third-order valence-corrected chi connectivity index (χ3v) is 5.13. The van der Waals surface area contributed by atoms with Crippen LogP contribution in [0.1, 0.15) is 48.5 Å². The minimum atomic E-state index is -0.695. The molecule has 1 aliphatic heterocycles. The van der Waals surface area contributed by atoms with Crippen molar-refractivity contribution in [3.05, 3.63) is 24.3 Å². The molecule has 1 aliphatic rings. The van der Waals surface area contributed by atoms with Crippen molar-refractivity contribution in [3.63, 3.8) is 0 Å². The van der Waals surface area contributed by atoms with Gasteiger partial charge in [0.05, 0.1) is 29.4 Å². The molecule has 1 aromatic heterocycles. The number of carbonyl (C=O) groups is 1. The van der Waals surface area contributed by atoms with Crippen molar-refractivity contribution in [3.8, 4) is 5.75 Å². The van der Waals surface area contributed by atoms with Crippen LogP contribution in [0, 0.1) is 0 Å². The van der Waals surface area contributed by atoms with Crippen molar-refractivity contribution < 1.29 is 23.6 Å². The summed E-state index contributed by atoms with van der Waals surface area (Å²) in [6.45, 7) is 13.4. The van der Waals surface area contributed by atoms with Gasteiger partial charge in [-0.25, -0.2) is 4.79 Å². The van der Waals surface area contributed by atoms with Crippen LogP contribution in [0.5, 0.6) is 5.75 Å². The maximum absolute atomic E-state index is 13.0. The van der Waals surface area contributed by atoms with Crippen LogP contribution in [0.3, 0.4) is 0 Å². The van der Waals surface area contributed by atoms with E-state index in [1.807, 2.05) is 72.7 Å². The lowest BCUT2D eigenvalue weighted by Crippen LogP contribution is -2.43. The van der Waals surface area contributed by atoms with Crippen molar-refractivity contribution in [2.24, 2.45) is 0 Å². The van der Waals surface area contributed by atoms with Gasteiger partial charge in [-0.2, -0.15) is 0 Å². The fourth-order valence-corrected chi connectivity index (χ4v) is 3.05. The molecule has 0 amide bonds. The van der Waals surface area contributed by atoms with Gasteiger partial charge in [-0.15, -0.1) is 0 Å². The fraction of sp³-hybridized carbons (Fsp3) is 0.550. The highest BCUT2D eigenvalue weighted by Gasteiger charge is 2.53. The van der Waals surface area contributed by atoms with Gasteiger partial charge >= 0.3 is 13.2 Å². The summed E-state index contributed by atoms with van der Waals surface area (Å²) >= 11 is 0. The lowest BCUT2D eigenvalue weighted by molar-refractivity contribution is 0.00578. The van der Waals surface area contributed by atoms with E-state index in [-0.39, 0.29) is 0 Å². The van der Waals surface area contributed by atoms with E-state index in [0.717, 1.165) is 5.39 Å². The van der Waals surface area contributed by atoms with Gasteiger partial charge in [-0.1, -0.05) is 6.07 Å². The van der Waals surface area contributed by atoms with E-state index in [1.54, 1.807) is 7.11 Å². The average molecular weight is 373 g/mol. The van der Waals surface area contributed by atoms with Crippen LogP contribution < -0.4 is 10.3 Å². The summed E-state index contributed by atoms with van der Waals surface area (Å²) in [7, 11) is 0.910. The summed E-state index contributed by atoms with van der Waals surface area (Å²) in [4.78, 5) is 13.0. The lowest BCUT2D eigenvalue weighted by atomic mass is 9.84. The predicted molar refractivity (Wildman–Crippen MR) is 106 cm³/mol. The number of aromatic nitrogens is 1. The SMILES string of the molecule is COc1cccc2c1cc(B1OC(C)(C)C(C)(C)O1)n2C(=O)OC(C)(C)C. The zero-order chi connectivity index (χ0) is 20.2. The highest BCUT2D eigenvalue weighted by Crippen LogP contribution is 2.37. The zero-order valence-electron chi connectivity index (χ0n) is 17.4. The molecule has 2 heterocycles. The molecule has 146 valence electrons. The minimum Gasteiger partial charge on any atom is -0.496 e. The van der Waals surface area contributed by atoms with E-state index < -0.39 is 30.0 Å². The summed E-state index contributed by atoms with van der Waals surface area (Å²) in [5.74, 6) is 0.674. The summed E-state index contributed by atoms with van der Waals surface area (Å²) < 4.78 is 25.0. The Hall–Kier alpha value is -1.99. The Kier molecular flexibility index (Phi) is 4.60. The second kappa shape index (κ2) is 6.28. The largest absolute Gasteiger partial charge is 0.513 e. The normalized spacial score (nSPS) is 18.7. The number of hydrogen-bond acceptors (Lipinski definition) is 5. The monoisotopic (exact) mass is 373 g/mol. The molecular weight excluding hydrogens is 345 g/mol. The van der Waals surface area contributed by atoms with Crippen LogP contribution in [0.15, 0.2) is 24.3 Å². The molecule has 7 heteroatoms. The molecule has 1 saturated heterocycles. The molecule has 0 saturated carbocycles. The Morgan fingerprint density at radius 3 is 2.22 bits per heavy atom. The summed E-state index contributed by atoms with van der Waals surface area (Å²) in [6.07, 6.45) is -0.476. The second-order valence-corrected chi connectivity index (χ2v) is 8.87. The van der Waals surface area contributed by atoms with Crippen molar-refractivity contribution in [2.45, 2.75) is 65.3 Å². The zero-order valence-corrected chi connectivity index (χ0v) is 17.4. The molecule has 1 aromatic carbocycles. The van der Waals surface area contributed by atoms with Gasteiger partial charge in [0.15, 0.2) is 0 Å². The molecule has 0 atom stereocenters. The topological polar surface area (TPSA) is 58.9 Å². The molecule has 0 spiro atoms. The maximum atomic E-state index is 13.0. The Labute approximate surface area is 160 Å². The van der Waals surface area contributed by atoms with Crippen LogP contribution in [-0.2, 0) is 14.0 Å². The number of methoxy groups -OCH3 is 1. The molecule has 3 rings (SSSR count). The summed E-state index contributed by atoms with van der Waals surface area (Å²) in [6, 6.07) is 7.43. The second-order valence-electron chi connectivity index (χ2n) is 8.87. The first kappa shape index (κ1) is 19.8. The van der Waals surface area contributed by atoms with Crippen LogP contribution in [0.2, 0.25) is 0 Å². The highest BCUT2D eigenvalue weighted by atomic mass is 16.7. The van der Waals surface area contributed by atoms with E-state index in [9.17, 15) is 4.79 Å². The predicted octanol–water partition coefficient (Wildman–Crippen LogP) is 3.73. The first-order valence-electron chi connectivity index (χ1n) is 9.14. The van der Waals surface area contributed by atoms with Crippen molar-refractivity contribution in [1.82, 2.24) is 4.57 Å². The molecule has 0 unspecified atom stereocenters. The Morgan fingerprint density at radius 2 is 1.70 bits per heavy atom. The molecule has 6 nitrogen and oxygen atoms in total. The molecule has 0 N–H and O–H groups in total. The molecule has 2 aromatic rings. The van der Waals surface area contributed by atoms with Gasteiger partial charge < -0.3 is 18.8 Å². The standard InChI is InChI=1S/C20H28BNO5/c1-18(2,3)25-17(23)22-14-10-9-11-15(24-8)13(14)12-16(22)21-26-19(4,5)20(6,7)27-21/h9-12H,1-8H3. The number of ether oxygens (including phenoxy) is 2. The van der Waals surface area contributed by atoms with E-state index in [0.29, 0.717) is 16.9 Å². The lowest BCUT2D eigenvalue weighted by Gasteiger charge is -2.32. The molecule has 0 aliphatic carbocycles. The van der Waals surface area contributed by atoms with Crippen LogP contribution in [0.4, 0.5) is 4.79 Å². The quantitative estimate of drug-likeness (QED) is 0.751. The van der Waals surface area contributed by atoms with Gasteiger partial charge in [0.1, 0.15) is 11.4 Å². The third kappa shape index (κ3) is 3.46. The smallest absolute Gasteiger partial charge is 0.496 e. The Bertz CT molecular complexity index is 862. The van der Waals surface area contributed by atoms with E-state index in [4.69, 9.17) is 18.8 Å². The number of rotatable bonds is 2. The van der Waals surface area contributed by atoms with Crippen molar-refractivity contribution in [1.29, 1.82) is 0 Å². The molecule has 0 radical (unpaired) electrons. The maximum Gasteiger partial charge on any atom is 0.513 e. The average Bonchev–Trinajstić information content (AvgIpc) is 3.00. The van der Waals surface area contributed by atoms with Gasteiger partial charge in [-0.3, -0.25) is 4.57 Å². The minimum absolute atomic E-state index is 0.476. The number of carbonyl (C=O) groups excluding carboxylic acids is 1. The van der Waals surface area contributed by atoms with E-state index >= 15 is 0 Å². The van der Waals surface area contributed by atoms with Gasteiger partial charge in [-0.05, 0) is 66.7 Å². The van der Waals surface area contributed by atoms with Gasteiger partial charge in [0.2, 0.25) is 0 Å². The van der Waals surface area contributed by atoms with Crippen molar-refractivity contribution in [2.75, 3.05) is 7.11 Å². The Morgan fingerprint density at radius 1 is 1.11 bits per heavy atom. The molecule has 27 heavy (non-hydrogen) atoms. The number of fused-ring (bicyclic) bond motifs is 1. The van der Waals surface area contributed by atoms with E-state index in [2.05, 4.69) is 0 Å². The third-order valence-electron chi connectivity index (χ3n) is 5.13. The summed E-state index contributed by atoms with van der Waals surface area (Å²) in [5, 5.41) is 0.801. The molecular formula is C20H28BNO5. The first-order chi connectivity index (χ1) is 12.4.